The fourth-order valence-corrected chi connectivity index (χ4v) is 2.65. The Kier molecular flexibility index (Phi) is 6.05. The molecule has 1 heterocycles. The summed E-state index contributed by atoms with van der Waals surface area (Å²) in [6.07, 6.45) is 1.62. The topological polar surface area (TPSA) is 114 Å². The molecule has 0 aliphatic carbocycles. The van der Waals surface area contributed by atoms with Crippen LogP contribution in [0.15, 0.2) is 36.2 Å². The number of rotatable bonds is 6. The van der Waals surface area contributed by atoms with Crippen molar-refractivity contribution in [2.24, 2.45) is 5.41 Å². The summed E-state index contributed by atoms with van der Waals surface area (Å²) < 4.78 is 0. The van der Waals surface area contributed by atoms with Crippen molar-refractivity contribution in [2.75, 3.05) is 11.5 Å². The van der Waals surface area contributed by atoms with Crippen molar-refractivity contribution in [3.63, 3.8) is 0 Å². The minimum absolute atomic E-state index is 0.0325. The number of nitrogens with zero attached hydrogens (tertiary/aromatic N) is 1. The van der Waals surface area contributed by atoms with Gasteiger partial charge >= 0.3 is 0 Å². The number of hydrogen-bond donors (Lipinski definition) is 4. The first-order valence-corrected chi connectivity index (χ1v) is 8.52. The largest absolute Gasteiger partial charge is 0.494 e. The second-order valence-corrected chi connectivity index (χ2v) is 7.21. The molecule has 2 rings (SSSR count). The Morgan fingerprint density at radius 1 is 1.42 bits per heavy atom. The van der Waals surface area contributed by atoms with Crippen molar-refractivity contribution in [1.82, 2.24) is 5.32 Å². The molecule has 1 saturated heterocycles. The number of aliphatic hydroxyl groups excluding tert-OH is 2. The molecule has 0 aromatic heterocycles. The molecular formula is C18H22ClN3O4. The Morgan fingerprint density at radius 2 is 2.04 bits per heavy atom. The molecule has 1 aromatic carbocycles. The van der Waals surface area contributed by atoms with E-state index >= 15 is 0 Å². The number of benzene rings is 1. The number of nitrogens with one attached hydrogen (secondary N) is 2. The zero-order valence-corrected chi connectivity index (χ0v) is 15.4. The van der Waals surface area contributed by atoms with Crippen LogP contribution in [0.3, 0.4) is 0 Å². The number of allylic oxidation sites excluding steroid dienone is 1. The van der Waals surface area contributed by atoms with Crippen molar-refractivity contribution in [3.05, 3.63) is 41.2 Å². The fourth-order valence-electron chi connectivity index (χ4n) is 2.52. The smallest absolute Gasteiger partial charge is 0.249 e. The highest BCUT2D eigenvalue weighted by Gasteiger charge is 2.37. The molecule has 1 aromatic rings. The average Bonchev–Trinajstić information content (AvgIpc) is 2.97. The van der Waals surface area contributed by atoms with Crippen molar-refractivity contribution in [3.8, 4) is 0 Å². The third-order valence-electron chi connectivity index (χ3n) is 4.28. The number of hydrogen-bond acceptors (Lipinski definition) is 5. The van der Waals surface area contributed by atoms with Crippen LogP contribution in [0.2, 0.25) is 5.02 Å². The summed E-state index contributed by atoms with van der Waals surface area (Å²) >= 11 is 5.86. The van der Waals surface area contributed by atoms with Gasteiger partial charge in [-0.25, -0.2) is 0 Å². The maximum atomic E-state index is 12.5. The van der Waals surface area contributed by atoms with E-state index in [9.17, 15) is 19.8 Å². The van der Waals surface area contributed by atoms with Gasteiger partial charge in [-0.15, -0.1) is 0 Å². The van der Waals surface area contributed by atoms with Crippen LogP contribution >= 0.6 is 11.6 Å². The minimum atomic E-state index is -0.850. The van der Waals surface area contributed by atoms with E-state index < -0.39 is 23.2 Å². The molecule has 0 spiro atoms. The Bertz CT molecular complexity index is 743. The van der Waals surface area contributed by atoms with E-state index in [1.54, 1.807) is 38.1 Å². The minimum Gasteiger partial charge on any atom is -0.494 e. The Hall–Kier alpha value is -2.38. The number of carbonyl (C=O) groups excluding carboxylic acids is 2. The molecular weight excluding hydrogens is 358 g/mol. The summed E-state index contributed by atoms with van der Waals surface area (Å²) in [4.78, 5) is 26.1. The van der Waals surface area contributed by atoms with E-state index in [2.05, 4.69) is 5.32 Å². The third-order valence-corrected chi connectivity index (χ3v) is 4.53. The van der Waals surface area contributed by atoms with Gasteiger partial charge in [0, 0.05) is 34.3 Å². The monoisotopic (exact) mass is 379 g/mol. The summed E-state index contributed by atoms with van der Waals surface area (Å²) in [5.41, 5.74) is -0.332. The number of carbonyl (C=O) groups is 2. The molecule has 0 saturated carbocycles. The lowest BCUT2D eigenvalue weighted by atomic mass is 9.88. The van der Waals surface area contributed by atoms with Crippen LogP contribution in [-0.4, -0.2) is 40.4 Å². The van der Waals surface area contributed by atoms with Gasteiger partial charge in [0.1, 0.15) is 6.04 Å². The van der Waals surface area contributed by atoms with Crippen molar-refractivity contribution in [1.29, 1.82) is 5.41 Å². The predicted octanol–water partition coefficient (Wildman–Crippen LogP) is 2.39. The summed E-state index contributed by atoms with van der Waals surface area (Å²) in [6, 6.07) is 5.81. The van der Waals surface area contributed by atoms with Gasteiger partial charge in [0.05, 0.1) is 6.61 Å². The maximum absolute atomic E-state index is 12.5. The molecule has 8 heteroatoms. The van der Waals surface area contributed by atoms with Crippen LogP contribution in [0, 0.1) is 10.8 Å². The lowest BCUT2D eigenvalue weighted by Crippen LogP contribution is -2.44. The third kappa shape index (κ3) is 4.42. The average molecular weight is 380 g/mol. The number of anilines is 1. The van der Waals surface area contributed by atoms with E-state index in [0.29, 0.717) is 17.1 Å². The van der Waals surface area contributed by atoms with Gasteiger partial charge in [-0.2, -0.15) is 0 Å². The lowest BCUT2D eigenvalue weighted by Gasteiger charge is -2.24. The highest BCUT2D eigenvalue weighted by molar-refractivity contribution is 6.30. The quantitative estimate of drug-likeness (QED) is 0.449. The fraction of sp³-hybridized carbons (Fsp3) is 0.389. The first kappa shape index (κ1) is 19.9. The van der Waals surface area contributed by atoms with Crippen LogP contribution in [0.25, 0.3) is 0 Å². The van der Waals surface area contributed by atoms with Gasteiger partial charge in [0.2, 0.25) is 11.8 Å². The molecule has 4 N–H and O–H groups in total. The van der Waals surface area contributed by atoms with Gasteiger partial charge in [0.15, 0.2) is 5.88 Å². The second kappa shape index (κ2) is 7.88. The highest BCUT2D eigenvalue weighted by atomic mass is 35.5. The highest BCUT2D eigenvalue weighted by Crippen LogP contribution is 2.28. The Labute approximate surface area is 156 Å². The van der Waals surface area contributed by atoms with Crippen LogP contribution < -0.4 is 10.2 Å². The first-order valence-electron chi connectivity index (χ1n) is 8.15. The van der Waals surface area contributed by atoms with Crippen LogP contribution in [0.1, 0.15) is 26.7 Å². The van der Waals surface area contributed by atoms with Gasteiger partial charge < -0.3 is 15.6 Å². The summed E-state index contributed by atoms with van der Waals surface area (Å²) in [5.74, 6) is -1.24. The van der Waals surface area contributed by atoms with E-state index in [1.807, 2.05) is 0 Å². The van der Waals surface area contributed by atoms with E-state index in [0.717, 1.165) is 6.08 Å². The van der Waals surface area contributed by atoms with Gasteiger partial charge in [-0.3, -0.25) is 19.8 Å². The molecule has 1 fully saturated rings. The molecule has 1 aliphatic rings. The van der Waals surface area contributed by atoms with E-state index in [4.69, 9.17) is 17.0 Å². The molecule has 7 nitrogen and oxygen atoms in total. The lowest BCUT2D eigenvalue weighted by molar-refractivity contribution is -0.123. The summed E-state index contributed by atoms with van der Waals surface area (Å²) in [6.45, 7) is 3.00. The van der Waals surface area contributed by atoms with Crippen LogP contribution in [-0.2, 0) is 9.59 Å². The number of aliphatic hydroxyl groups is 2. The van der Waals surface area contributed by atoms with Gasteiger partial charge in [-0.1, -0.05) is 25.4 Å². The molecule has 0 unspecified atom stereocenters. The number of amides is 2. The van der Waals surface area contributed by atoms with Crippen LogP contribution in [0.5, 0.6) is 0 Å². The summed E-state index contributed by atoms with van der Waals surface area (Å²) in [7, 11) is 0. The standard InChI is InChI=1S/C18H22ClN3O4/c1-18(2,10-23)14(20)9-15(24)21-17(26)13-7-8-16(25)22(13)12-5-3-11(19)4-6-12/h3-6,9,13,20,23-24H,7-8,10H2,1-2H3,(H,21,26)/b15-9-,20-14?/t13-/m0/s1. The van der Waals surface area contributed by atoms with Crippen molar-refractivity contribution in [2.45, 2.75) is 32.7 Å². The zero-order valence-electron chi connectivity index (χ0n) is 14.6. The SMILES string of the molecule is CC(C)(CO)C(=N)/C=C(\O)NC(=O)[C@@H]1CCC(=O)N1c1ccc(Cl)cc1. The number of halogens is 1. The molecule has 0 radical (unpaired) electrons. The van der Waals surface area contributed by atoms with Crippen molar-refractivity contribution >= 4 is 34.8 Å². The molecule has 140 valence electrons. The molecule has 0 bridgehead atoms. The molecule has 1 atom stereocenters. The summed E-state index contributed by atoms with van der Waals surface area (Å²) in [5, 5.41) is 29.9. The van der Waals surface area contributed by atoms with Gasteiger partial charge in [0.25, 0.3) is 0 Å². The maximum Gasteiger partial charge on any atom is 0.249 e. The normalized spacial score (nSPS) is 18.2. The molecule has 26 heavy (non-hydrogen) atoms. The van der Waals surface area contributed by atoms with E-state index in [1.165, 1.54) is 4.90 Å². The van der Waals surface area contributed by atoms with Crippen molar-refractivity contribution < 1.29 is 19.8 Å². The van der Waals surface area contributed by atoms with E-state index in [-0.39, 0.29) is 24.6 Å². The Morgan fingerprint density at radius 3 is 2.62 bits per heavy atom. The first-order chi connectivity index (χ1) is 12.2. The Balaban J connectivity index is 2.14. The molecule has 1 aliphatic heterocycles. The molecule has 2 amide bonds. The van der Waals surface area contributed by atoms with Crippen LogP contribution in [0.4, 0.5) is 5.69 Å². The second-order valence-electron chi connectivity index (χ2n) is 6.77. The van der Waals surface area contributed by atoms with Gasteiger partial charge in [-0.05, 0) is 30.7 Å². The zero-order chi connectivity index (χ0) is 19.5. The predicted molar refractivity (Wildman–Crippen MR) is 99.4 cm³/mol.